The van der Waals surface area contributed by atoms with Crippen molar-refractivity contribution in [2.24, 2.45) is 0 Å². The molecule has 2 rings (SSSR count). The first kappa shape index (κ1) is 16.7. The molecule has 0 aliphatic carbocycles. The number of hydrogen-bond donors (Lipinski definition) is 1. The van der Waals surface area contributed by atoms with Gasteiger partial charge in [0.1, 0.15) is 6.04 Å². The van der Waals surface area contributed by atoms with Crippen molar-refractivity contribution in [1.82, 2.24) is 15.1 Å². The van der Waals surface area contributed by atoms with Crippen LogP contribution in [0.3, 0.4) is 0 Å². The number of nitrogens with zero attached hydrogens (tertiary/aromatic N) is 2. The van der Waals surface area contributed by atoms with Gasteiger partial charge in [-0.1, -0.05) is 6.92 Å². The van der Waals surface area contributed by atoms with E-state index in [0.717, 1.165) is 32.6 Å². The zero-order valence-electron chi connectivity index (χ0n) is 13.8. The van der Waals surface area contributed by atoms with Crippen LogP contribution in [0, 0.1) is 0 Å². The molecule has 5 heteroatoms. The molecule has 0 amide bonds. The molecule has 2 aliphatic rings. The Morgan fingerprint density at radius 1 is 1.38 bits per heavy atom. The predicted octanol–water partition coefficient (Wildman–Crippen LogP) is 1.09. The highest BCUT2D eigenvalue weighted by atomic mass is 16.5. The number of fused-ring (bicyclic) bond motifs is 1. The van der Waals surface area contributed by atoms with Crippen molar-refractivity contribution in [3.63, 3.8) is 0 Å². The van der Waals surface area contributed by atoms with Crippen LogP contribution in [0.2, 0.25) is 0 Å². The molecule has 21 heavy (non-hydrogen) atoms. The van der Waals surface area contributed by atoms with E-state index in [1.807, 2.05) is 6.92 Å². The van der Waals surface area contributed by atoms with Gasteiger partial charge in [-0.2, -0.15) is 0 Å². The third-order valence-corrected chi connectivity index (χ3v) is 4.70. The summed E-state index contributed by atoms with van der Waals surface area (Å²) in [6.45, 7) is 11.8. The van der Waals surface area contributed by atoms with Gasteiger partial charge in [0.05, 0.1) is 6.61 Å². The lowest BCUT2D eigenvalue weighted by molar-refractivity contribution is -0.146. The Labute approximate surface area is 129 Å². The number of nitrogens with one attached hydrogen (secondary N) is 1. The van der Waals surface area contributed by atoms with Gasteiger partial charge in [0.15, 0.2) is 0 Å². The summed E-state index contributed by atoms with van der Waals surface area (Å²) in [6.07, 6.45) is 3.65. The number of rotatable bonds is 7. The van der Waals surface area contributed by atoms with E-state index in [-0.39, 0.29) is 12.0 Å². The van der Waals surface area contributed by atoms with Crippen LogP contribution in [-0.2, 0) is 9.53 Å². The summed E-state index contributed by atoms with van der Waals surface area (Å²) in [7, 11) is 0. The van der Waals surface area contributed by atoms with Crippen molar-refractivity contribution < 1.29 is 9.53 Å². The Kier molecular flexibility index (Phi) is 6.45. The lowest BCUT2D eigenvalue weighted by Crippen LogP contribution is -2.59. The molecular weight excluding hydrogens is 266 g/mol. The van der Waals surface area contributed by atoms with E-state index in [9.17, 15) is 4.79 Å². The van der Waals surface area contributed by atoms with Crippen LogP contribution in [-0.4, -0.2) is 73.2 Å². The topological polar surface area (TPSA) is 44.8 Å². The van der Waals surface area contributed by atoms with Crippen LogP contribution in [0.15, 0.2) is 0 Å². The van der Waals surface area contributed by atoms with Gasteiger partial charge < -0.3 is 10.1 Å². The Hall–Kier alpha value is -0.650. The van der Waals surface area contributed by atoms with Crippen LogP contribution in [0.1, 0.15) is 40.0 Å². The predicted molar refractivity (Wildman–Crippen MR) is 84.3 cm³/mol. The monoisotopic (exact) mass is 297 g/mol. The number of hydrogen-bond acceptors (Lipinski definition) is 5. The molecule has 3 atom stereocenters. The van der Waals surface area contributed by atoms with E-state index in [0.29, 0.717) is 18.7 Å². The van der Waals surface area contributed by atoms with Crippen molar-refractivity contribution in [3.05, 3.63) is 0 Å². The highest BCUT2D eigenvalue weighted by Crippen LogP contribution is 2.24. The number of piperazine rings is 1. The fourth-order valence-electron chi connectivity index (χ4n) is 3.52. The van der Waals surface area contributed by atoms with Gasteiger partial charge in [-0.05, 0) is 46.2 Å². The number of carbonyl (C=O) groups is 1. The maximum absolute atomic E-state index is 12.1. The molecule has 2 heterocycles. The quantitative estimate of drug-likeness (QED) is 0.713. The first-order chi connectivity index (χ1) is 10.2. The molecule has 0 bridgehead atoms. The smallest absolute Gasteiger partial charge is 0.324 e. The second-order valence-corrected chi connectivity index (χ2v) is 6.35. The normalized spacial score (nSPS) is 28.3. The van der Waals surface area contributed by atoms with Crippen LogP contribution in [0.5, 0.6) is 0 Å². The Bertz CT molecular complexity index is 337. The molecule has 5 nitrogen and oxygen atoms in total. The highest BCUT2D eigenvalue weighted by Gasteiger charge is 2.36. The average molecular weight is 297 g/mol. The van der Waals surface area contributed by atoms with Gasteiger partial charge >= 0.3 is 5.97 Å². The minimum atomic E-state index is -0.194. The third-order valence-electron chi connectivity index (χ3n) is 4.70. The summed E-state index contributed by atoms with van der Waals surface area (Å²) < 4.78 is 5.23. The molecular formula is C16H31N3O2. The first-order valence-corrected chi connectivity index (χ1v) is 8.53. The molecule has 1 N–H and O–H groups in total. The highest BCUT2D eigenvalue weighted by molar-refractivity contribution is 5.76. The van der Waals surface area contributed by atoms with Gasteiger partial charge in [-0.25, -0.2) is 0 Å². The minimum Gasteiger partial charge on any atom is -0.465 e. The van der Waals surface area contributed by atoms with Crippen molar-refractivity contribution >= 4 is 5.97 Å². The molecule has 0 aromatic heterocycles. The summed E-state index contributed by atoms with van der Waals surface area (Å²) in [4.78, 5) is 17.2. The molecule has 2 saturated heterocycles. The van der Waals surface area contributed by atoms with Crippen molar-refractivity contribution in [1.29, 1.82) is 0 Å². The maximum atomic E-state index is 12.1. The standard InChI is InChI=1S/C16H31N3O2/c1-4-8-17-15(16(20)21-5-2)12-19-11-14-7-6-9-18(14)10-13(19)3/h13-15,17H,4-12H2,1-3H3. The minimum absolute atomic E-state index is 0.105. The molecule has 122 valence electrons. The fourth-order valence-corrected chi connectivity index (χ4v) is 3.52. The van der Waals surface area contributed by atoms with Crippen molar-refractivity contribution in [2.45, 2.75) is 58.2 Å². The Morgan fingerprint density at radius 2 is 2.19 bits per heavy atom. The summed E-state index contributed by atoms with van der Waals surface area (Å²) in [5.41, 5.74) is 0. The van der Waals surface area contributed by atoms with Gasteiger partial charge in [0.2, 0.25) is 0 Å². The third kappa shape index (κ3) is 4.41. The SMILES string of the molecule is CCCNC(CN1CC2CCCN2CC1C)C(=O)OCC. The van der Waals surface area contributed by atoms with E-state index >= 15 is 0 Å². The second kappa shape index (κ2) is 8.11. The lowest BCUT2D eigenvalue weighted by atomic mass is 10.1. The van der Waals surface area contributed by atoms with Gasteiger partial charge in [-0.3, -0.25) is 14.6 Å². The van der Waals surface area contributed by atoms with Gasteiger partial charge in [0.25, 0.3) is 0 Å². The largest absolute Gasteiger partial charge is 0.465 e. The zero-order valence-corrected chi connectivity index (χ0v) is 13.8. The Morgan fingerprint density at radius 3 is 2.90 bits per heavy atom. The van der Waals surface area contributed by atoms with Gasteiger partial charge in [-0.15, -0.1) is 0 Å². The molecule has 0 radical (unpaired) electrons. The molecule has 0 aromatic carbocycles. The molecule has 0 aromatic rings. The molecule has 0 saturated carbocycles. The maximum Gasteiger partial charge on any atom is 0.324 e. The fraction of sp³-hybridized carbons (Fsp3) is 0.938. The van der Waals surface area contributed by atoms with E-state index in [2.05, 4.69) is 29.0 Å². The van der Waals surface area contributed by atoms with Crippen molar-refractivity contribution in [2.75, 3.05) is 39.3 Å². The second-order valence-electron chi connectivity index (χ2n) is 6.35. The van der Waals surface area contributed by atoms with Crippen LogP contribution >= 0.6 is 0 Å². The summed E-state index contributed by atoms with van der Waals surface area (Å²) in [6, 6.07) is 1.01. The van der Waals surface area contributed by atoms with E-state index in [1.54, 1.807) is 0 Å². The van der Waals surface area contributed by atoms with E-state index in [1.165, 1.54) is 19.4 Å². The summed E-state index contributed by atoms with van der Waals surface area (Å²) >= 11 is 0. The first-order valence-electron chi connectivity index (χ1n) is 8.53. The van der Waals surface area contributed by atoms with E-state index in [4.69, 9.17) is 4.74 Å². The van der Waals surface area contributed by atoms with Crippen molar-refractivity contribution in [3.8, 4) is 0 Å². The Balaban J connectivity index is 1.92. The zero-order chi connectivity index (χ0) is 15.2. The van der Waals surface area contributed by atoms with Gasteiger partial charge in [0, 0.05) is 31.7 Å². The van der Waals surface area contributed by atoms with Crippen LogP contribution < -0.4 is 5.32 Å². The molecule has 2 aliphatic heterocycles. The molecule has 3 unspecified atom stereocenters. The number of carbonyl (C=O) groups excluding carboxylic acids is 1. The van der Waals surface area contributed by atoms with Crippen LogP contribution in [0.25, 0.3) is 0 Å². The van der Waals surface area contributed by atoms with Crippen LogP contribution in [0.4, 0.5) is 0 Å². The molecule has 2 fully saturated rings. The summed E-state index contributed by atoms with van der Waals surface area (Å²) in [5.74, 6) is -0.105. The molecule has 0 spiro atoms. The number of esters is 1. The van der Waals surface area contributed by atoms with E-state index < -0.39 is 0 Å². The average Bonchev–Trinajstić information content (AvgIpc) is 2.90. The lowest BCUT2D eigenvalue weighted by Gasteiger charge is -2.43. The summed E-state index contributed by atoms with van der Waals surface area (Å²) in [5, 5.41) is 3.35. The number of ether oxygens (including phenoxy) is 1.